The number of nitrogens with zero attached hydrogens (tertiary/aromatic N) is 1. The quantitative estimate of drug-likeness (QED) is 0.821. The summed E-state index contributed by atoms with van der Waals surface area (Å²) >= 11 is 1.50. The molecule has 0 saturated carbocycles. The molecule has 0 radical (unpaired) electrons. The Labute approximate surface area is 111 Å². The van der Waals surface area contributed by atoms with E-state index in [1.54, 1.807) is 0 Å². The molecule has 0 amide bonds. The van der Waals surface area contributed by atoms with Gasteiger partial charge in [0.25, 0.3) is 0 Å². The lowest BCUT2D eigenvalue weighted by Crippen LogP contribution is -2.34. The number of hydrogen-bond donors (Lipinski definition) is 2. The van der Waals surface area contributed by atoms with Crippen LogP contribution < -0.4 is 10.6 Å². The number of carbonyl (C=O) groups excluding carboxylic acids is 1. The van der Waals surface area contributed by atoms with E-state index < -0.39 is 0 Å². The lowest BCUT2D eigenvalue weighted by atomic mass is 9.98. The Bertz CT molecular complexity index is 423. The molecular formula is C13H20N2O2S. The van der Waals surface area contributed by atoms with Gasteiger partial charge in [0.2, 0.25) is 0 Å². The lowest BCUT2D eigenvalue weighted by molar-refractivity contribution is 0.0993. The largest absolute Gasteiger partial charge is 0.397 e. The van der Waals surface area contributed by atoms with Gasteiger partial charge in [-0.25, -0.2) is 0 Å². The van der Waals surface area contributed by atoms with E-state index in [0.717, 1.165) is 30.9 Å². The van der Waals surface area contributed by atoms with Crippen molar-refractivity contribution in [2.24, 2.45) is 5.92 Å². The highest BCUT2D eigenvalue weighted by molar-refractivity contribution is 7.18. The molecule has 0 aromatic carbocycles. The van der Waals surface area contributed by atoms with Crippen LogP contribution in [0, 0.1) is 5.92 Å². The first-order valence-corrected chi connectivity index (χ1v) is 7.25. The fourth-order valence-electron chi connectivity index (χ4n) is 2.26. The second-order valence-electron chi connectivity index (χ2n) is 4.76. The third-order valence-electron chi connectivity index (χ3n) is 3.51. The van der Waals surface area contributed by atoms with E-state index in [1.807, 2.05) is 13.0 Å². The molecular weight excluding hydrogens is 248 g/mol. The molecule has 0 aliphatic carbocycles. The summed E-state index contributed by atoms with van der Waals surface area (Å²) in [6.07, 6.45) is 2.51. The van der Waals surface area contributed by atoms with Crippen molar-refractivity contribution in [3.63, 3.8) is 0 Å². The average Bonchev–Trinajstić information content (AvgIpc) is 2.80. The summed E-state index contributed by atoms with van der Waals surface area (Å²) < 4.78 is 0. The van der Waals surface area contributed by atoms with Crippen molar-refractivity contribution < 1.29 is 9.90 Å². The van der Waals surface area contributed by atoms with Crippen LogP contribution in [0.25, 0.3) is 0 Å². The van der Waals surface area contributed by atoms with Crippen LogP contribution in [-0.2, 0) is 0 Å². The maximum Gasteiger partial charge on any atom is 0.174 e. The first-order chi connectivity index (χ1) is 8.65. The minimum absolute atomic E-state index is 0.119. The summed E-state index contributed by atoms with van der Waals surface area (Å²) in [7, 11) is 0. The number of piperidine rings is 1. The van der Waals surface area contributed by atoms with Crippen molar-refractivity contribution in [2.45, 2.75) is 26.2 Å². The summed E-state index contributed by atoms with van der Waals surface area (Å²) in [6, 6.07) is 1.91. The Morgan fingerprint density at radius 1 is 1.56 bits per heavy atom. The highest BCUT2D eigenvalue weighted by Crippen LogP contribution is 2.35. The minimum Gasteiger partial charge on any atom is -0.397 e. The van der Waals surface area contributed by atoms with E-state index >= 15 is 0 Å². The van der Waals surface area contributed by atoms with Gasteiger partial charge in [-0.2, -0.15) is 0 Å². The predicted octanol–water partition coefficient (Wildman–Crippen LogP) is 2.13. The van der Waals surface area contributed by atoms with Gasteiger partial charge >= 0.3 is 0 Å². The number of hydrogen-bond acceptors (Lipinski definition) is 5. The highest BCUT2D eigenvalue weighted by atomic mass is 32.1. The molecule has 3 N–H and O–H groups in total. The molecule has 1 aromatic rings. The number of aliphatic hydroxyl groups is 1. The number of Topliss-reactive ketones (excluding diaryl/α,β-unsaturated/α-hetero) is 1. The summed E-state index contributed by atoms with van der Waals surface area (Å²) in [6.45, 7) is 4.00. The Morgan fingerprint density at radius 3 is 2.78 bits per heavy atom. The Hall–Kier alpha value is -1.07. The van der Waals surface area contributed by atoms with Gasteiger partial charge in [0.05, 0.1) is 15.6 Å². The fraction of sp³-hybridized carbons (Fsp3) is 0.615. The van der Waals surface area contributed by atoms with Crippen LogP contribution >= 0.6 is 11.3 Å². The van der Waals surface area contributed by atoms with Gasteiger partial charge < -0.3 is 15.7 Å². The Balaban J connectivity index is 2.08. The standard InChI is InChI=1S/C13H20N2O2S/c1-2-11(17)13-10(14)7-12(18-13)15-5-3-9(8-16)4-6-15/h7,9,16H,2-6,8,14H2,1H3. The van der Waals surface area contributed by atoms with Crippen LogP contribution in [0.2, 0.25) is 0 Å². The molecule has 18 heavy (non-hydrogen) atoms. The summed E-state index contributed by atoms with van der Waals surface area (Å²) in [5.74, 6) is 0.546. The molecule has 0 unspecified atom stereocenters. The lowest BCUT2D eigenvalue weighted by Gasteiger charge is -2.31. The van der Waals surface area contributed by atoms with Gasteiger partial charge in [-0.15, -0.1) is 11.3 Å². The minimum atomic E-state index is 0.119. The predicted molar refractivity (Wildman–Crippen MR) is 75.4 cm³/mol. The van der Waals surface area contributed by atoms with E-state index in [1.165, 1.54) is 11.3 Å². The molecule has 1 saturated heterocycles. The summed E-state index contributed by atoms with van der Waals surface area (Å²) in [4.78, 5) is 14.7. The Morgan fingerprint density at radius 2 is 2.22 bits per heavy atom. The maximum absolute atomic E-state index is 11.7. The number of thiophene rings is 1. The maximum atomic E-state index is 11.7. The zero-order valence-corrected chi connectivity index (χ0v) is 11.5. The topological polar surface area (TPSA) is 66.6 Å². The van der Waals surface area contributed by atoms with Gasteiger partial charge in [-0.3, -0.25) is 4.79 Å². The molecule has 0 spiro atoms. The van der Waals surface area contributed by atoms with E-state index in [9.17, 15) is 4.79 Å². The van der Waals surface area contributed by atoms with Gasteiger partial charge in [0.1, 0.15) is 0 Å². The van der Waals surface area contributed by atoms with Crippen molar-refractivity contribution in [1.29, 1.82) is 0 Å². The van der Waals surface area contributed by atoms with E-state index in [0.29, 0.717) is 22.9 Å². The fourth-order valence-corrected chi connectivity index (χ4v) is 3.40. The smallest absolute Gasteiger partial charge is 0.174 e. The molecule has 1 aliphatic rings. The third kappa shape index (κ3) is 2.67. The van der Waals surface area contributed by atoms with Gasteiger partial charge in [-0.05, 0) is 24.8 Å². The molecule has 0 atom stereocenters. The second-order valence-corrected chi connectivity index (χ2v) is 5.79. The number of nitrogens with two attached hydrogens (primary N) is 1. The van der Waals surface area contributed by atoms with Crippen molar-refractivity contribution in [3.05, 3.63) is 10.9 Å². The number of carbonyl (C=O) groups is 1. The van der Waals surface area contributed by atoms with Crippen LogP contribution in [0.3, 0.4) is 0 Å². The molecule has 100 valence electrons. The molecule has 1 aliphatic heterocycles. The van der Waals surface area contributed by atoms with Crippen LogP contribution in [-0.4, -0.2) is 30.6 Å². The zero-order valence-electron chi connectivity index (χ0n) is 10.7. The number of ketones is 1. The number of rotatable bonds is 4. The van der Waals surface area contributed by atoms with Crippen molar-refractivity contribution in [2.75, 3.05) is 30.3 Å². The van der Waals surface area contributed by atoms with Gasteiger partial charge in [0.15, 0.2) is 5.78 Å². The first-order valence-electron chi connectivity index (χ1n) is 6.44. The van der Waals surface area contributed by atoms with Crippen LogP contribution in [0.1, 0.15) is 35.9 Å². The van der Waals surface area contributed by atoms with E-state index in [2.05, 4.69) is 4.90 Å². The number of anilines is 2. The van der Waals surface area contributed by atoms with Crippen molar-refractivity contribution in [1.82, 2.24) is 0 Å². The third-order valence-corrected chi connectivity index (χ3v) is 4.76. The van der Waals surface area contributed by atoms with Crippen LogP contribution in [0.5, 0.6) is 0 Å². The zero-order chi connectivity index (χ0) is 13.1. The van der Waals surface area contributed by atoms with E-state index in [4.69, 9.17) is 10.8 Å². The van der Waals surface area contributed by atoms with E-state index in [-0.39, 0.29) is 12.4 Å². The first kappa shape index (κ1) is 13.4. The van der Waals surface area contributed by atoms with Crippen molar-refractivity contribution in [3.8, 4) is 0 Å². The van der Waals surface area contributed by atoms with Gasteiger partial charge in [0, 0.05) is 26.1 Å². The number of nitrogen functional groups attached to an aromatic ring is 1. The monoisotopic (exact) mass is 268 g/mol. The molecule has 1 aromatic heterocycles. The highest BCUT2D eigenvalue weighted by Gasteiger charge is 2.22. The van der Waals surface area contributed by atoms with Gasteiger partial charge in [-0.1, -0.05) is 6.92 Å². The second kappa shape index (κ2) is 5.71. The molecule has 2 heterocycles. The normalized spacial score (nSPS) is 17.1. The molecule has 2 rings (SSSR count). The average molecular weight is 268 g/mol. The van der Waals surface area contributed by atoms with Crippen LogP contribution in [0.4, 0.5) is 10.7 Å². The number of aliphatic hydroxyl groups excluding tert-OH is 1. The van der Waals surface area contributed by atoms with Crippen LogP contribution in [0.15, 0.2) is 6.07 Å². The molecule has 0 bridgehead atoms. The van der Waals surface area contributed by atoms with Crippen molar-refractivity contribution >= 4 is 27.8 Å². The summed E-state index contributed by atoms with van der Waals surface area (Å²) in [5, 5.41) is 10.2. The molecule has 5 heteroatoms. The summed E-state index contributed by atoms with van der Waals surface area (Å²) in [5.41, 5.74) is 6.50. The molecule has 4 nitrogen and oxygen atoms in total. The Kier molecular flexibility index (Phi) is 4.24. The molecule has 1 fully saturated rings. The SMILES string of the molecule is CCC(=O)c1sc(N2CCC(CO)CC2)cc1N.